The monoisotopic (exact) mass is 276 g/mol. The highest BCUT2D eigenvalue weighted by Crippen LogP contribution is 2.17. The summed E-state index contributed by atoms with van der Waals surface area (Å²) in [4.78, 5) is 11.7. The maximum atomic E-state index is 11.7. The number of amides is 1. The Hall–Kier alpha value is -0.620. The van der Waals surface area contributed by atoms with Crippen LogP contribution in [0.5, 0.6) is 0 Å². The molecule has 1 unspecified atom stereocenters. The zero-order valence-electron chi connectivity index (χ0n) is 11.0. The van der Waals surface area contributed by atoms with Crippen LogP contribution < -0.4 is 11.1 Å². The van der Waals surface area contributed by atoms with Crippen LogP contribution in [-0.4, -0.2) is 37.9 Å². The first-order valence-electron chi connectivity index (χ1n) is 6.64. The smallest absolute Gasteiger partial charge is 0.235 e. The van der Waals surface area contributed by atoms with Crippen molar-refractivity contribution in [1.82, 2.24) is 5.32 Å². The van der Waals surface area contributed by atoms with Gasteiger partial charge in [0.15, 0.2) is 9.84 Å². The van der Waals surface area contributed by atoms with Gasteiger partial charge in [-0.3, -0.25) is 4.79 Å². The summed E-state index contributed by atoms with van der Waals surface area (Å²) in [6, 6.07) is 0.0102. The molecule has 0 aromatic heterocycles. The predicted molar refractivity (Wildman–Crippen MR) is 71.9 cm³/mol. The fraction of sp³-hybridized carbons (Fsp3) is 0.917. The maximum absolute atomic E-state index is 11.7. The van der Waals surface area contributed by atoms with Crippen LogP contribution in [0.15, 0.2) is 0 Å². The van der Waals surface area contributed by atoms with E-state index in [-0.39, 0.29) is 23.7 Å². The lowest BCUT2D eigenvalue weighted by Crippen LogP contribution is -2.40. The molecule has 1 saturated carbocycles. The first-order chi connectivity index (χ1) is 8.39. The molecule has 18 heavy (non-hydrogen) atoms. The first-order valence-corrected chi connectivity index (χ1v) is 8.46. The summed E-state index contributed by atoms with van der Waals surface area (Å²) < 4.78 is 23.3. The molecule has 0 aromatic rings. The van der Waals surface area contributed by atoms with E-state index in [2.05, 4.69) is 5.32 Å². The second kappa shape index (κ2) is 7.09. The van der Waals surface area contributed by atoms with Gasteiger partial charge in [-0.1, -0.05) is 19.3 Å². The molecule has 3 N–H and O–H groups in total. The van der Waals surface area contributed by atoms with E-state index in [9.17, 15) is 13.2 Å². The predicted octanol–water partition coefficient (Wildman–Crippen LogP) is 0.587. The Morgan fingerprint density at radius 3 is 2.50 bits per heavy atom. The fourth-order valence-electron chi connectivity index (χ4n) is 2.15. The first kappa shape index (κ1) is 15.4. The third-order valence-corrected chi connectivity index (χ3v) is 4.77. The SMILES string of the molecule is CC(N)CCS(=O)(=O)CC(=O)NC1CCCCC1. The maximum Gasteiger partial charge on any atom is 0.235 e. The van der Waals surface area contributed by atoms with Gasteiger partial charge in [0.2, 0.25) is 5.91 Å². The van der Waals surface area contributed by atoms with E-state index in [1.165, 1.54) is 6.42 Å². The van der Waals surface area contributed by atoms with Crippen LogP contribution in [-0.2, 0) is 14.6 Å². The Morgan fingerprint density at radius 2 is 1.94 bits per heavy atom. The van der Waals surface area contributed by atoms with Crippen molar-refractivity contribution in [2.24, 2.45) is 5.73 Å². The van der Waals surface area contributed by atoms with Crippen LogP contribution in [0.4, 0.5) is 0 Å². The van der Waals surface area contributed by atoms with Gasteiger partial charge in [0, 0.05) is 12.1 Å². The van der Waals surface area contributed by atoms with Gasteiger partial charge in [-0.05, 0) is 26.2 Å². The highest BCUT2D eigenvalue weighted by atomic mass is 32.2. The normalized spacial score (nSPS) is 19.4. The highest BCUT2D eigenvalue weighted by molar-refractivity contribution is 7.92. The van der Waals surface area contributed by atoms with Gasteiger partial charge in [0.1, 0.15) is 5.75 Å². The van der Waals surface area contributed by atoms with Crippen molar-refractivity contribution < 1.29 is 13.2 Å². The van der Waals surface area contributed by atoms with Gasteiger partial charge in [0.25, 0.3) is 0 Å². The molecule has 1 aliphatic carbocycles. The number of nitrogens with one attached hydrogen (secondary N) is 1. The summed E-state index contributed by atoms with van der Waals surface area (Å²) in [5, 5.41) is 2.81. The summed E-state index contributed by atoms with van der Waals surface area (Å²) in [6.45, 7) is 1.76. The average Bonchev–Trinajstić information content (AvgIpc) is 2.27. The quantitative estimate of drug-likeness (QED) is 0.743. The summed E-state index contributed by atoms with van der Waals surface area (Å²) in [7, 11) is -3.32. The lowest BCUT2D eigenvalue weighted by Gasteiger charge is -2.22. The molecular formula is C12H24N2O3S. The molecule has 0 radical (unpaired) electrons. The van der Waals surface area contributed by atoms with Crippen molar-refractivity contribution in [3.8, 4) is 0 Å². The van der Waals surface area contributed by atoms with E-state index < -0.39 is 15.6 Å². The third kappa shape index (κ3) is 6.35. The van der Waals surface area contributed by atoms with E-state index in [1.54, 1.807) is 6.92 Å². The van der Waals surface area contributed by atoms with E-state index >= 15 is 0 Å². The molecule has 0 heterocycles. The van der Waals surface area contributed by atoms with Crippen LogP contribution >= 0.6 is 0 Å². The van der Waals surface area contributed by atoms with E-state index in [4.69, 9.17) is 5.73 Å². The molecule has 1 atom stereocenters. The zero-order valence-corrected chi connectivity index (χ0v) is 11.8. The summed E-state index contributed by atoms with van der Waals surface area (Å²) in [5.74, 6) is -0.787. The average molecular weight is 276 g/mol. The fourth-order valence-corrected chi connectivity index (χ4v) is 3.51. The highest BCUT2D eigenvalue weighted by Gasteiger charge is 2.20. The van der Waals surface area contributed by atoms with Crippen LogP contribution in [0.3, 0.4) is 0 Å². The molecule has 6 heteroatoms. The van der Waals surface area contributed by atoms with Crippen LogP contribution in [0.25, 0.3) is 0 Å². The number of carbonyl (C=O) groups excluding carboxylic acids is 1. The van der Waals surface area contributed by atoms with Crippen LogP contribution in [0.2, 0.25) is 0 Å². The van der Waals surface area contributed by atoms with Gasteiger partial charge in [-0.2, -0.15) is 0 Å². The van der Waals surface area contributed by atoms with Gasteiger partial charge >= 0.3 is 0 Å². The van der Waals surface area contributed by atoms with Crippen molar-refractivity contribution in [3.05, 3.63) is 0 Å². The number of nitrogens with two attached hydrogens (primary N) is 1. The molecule has 106 valence electrons. The molecule has 1 fully saturated rings. The summed E-state index contributed by atoms with van der Waals surface area (Å²) >= 11 is 0. The van der Waals surface area contributed by atoms with E-state index in [0.717, 1.165) is 25.7 Å². The Labute approximate surface area is 109 Å². The minimum atomic E-state index is -3.32. The van der Waals surface area contributed by atoms with Crippen LogP contribution in [0.1, 0.15) is 45.4 Å². The van der Waals surface area contributed by atoms with Crippen molar-refractivity contribution in [2.75, 3.05) is 11.5 Å². The number of rotatable bonds is 6. The second-order valence-corrected chi connectivity index (χ2v) is 7.44. The lowest BCUT2D eigenvalue weighted by atomic mass is 9.95. The molecule has 1 amide bonds. The largest absolute Gasteiger partial charge is 0.352 e. The number of hydrogen-bond donors (Lipinski definition) is 2. The molecule has 1 rings (SSSR count). The Bertz CT molecular complexity index is 360. The number of hydrogen-bond acceptors (Lipinski definition) is 4. The number of carbonyl (C=O) groups is 1. The van der Waals surface area contributed by atoms with Gasteiger partial charge in [-0.25, -0.2) is 8.42 Å². The second-order valence-electron chi connectivity index (χ2n) is 5.26. The summed E-state index contributed by atoms with van der Waals surface area (Å²) in [5.41, 5.74) is 5.51. The van der Waals surface area contributed by atoms with Gasteiger partial charge in [0.05, 0.1) is 5.75 Å². The molecule has 0 spiro atoms. The molecule has 0 bridgehead atoms. The topological polar surface area (TPSA) is 89.3 Å². The van der Waals surface area contributed by atoms with Gasteiger partial charge < -0.3 is 11.1 Å². The Kier molecular flexibility index (Phi) is 6.08. The molecule has 1 aliphatic rings. The molecule has 0 saturated heterocycles. The van der Waals surface area contributed by atoms with E-state index in [0.29, 0.717) is 6.42 Å². The third-order valence-electron chi connectivity index (χ3n) is 3.21. The van der Waals surface area contributed by atoms with Crippen molar-refractivity contribution in [2.45, 2.75) is 57.5 Å². The van der Waals surface area contributed by atoms with Crippen molar-refractivity contribution in [1.29, 1.82) is 0 Å². The Balaban J connectivity index is 2.33. The molecule has 5 nitrogen and oxygen atoms in total. The Morgan fingerprint density at radius 1 is 1.33 bits per heavy atom. The summed E-state index contributed by atoms with van der Waals surface area (Å²) in [6.07, 6.45) is 5.76. The lowest BCUT2D eigenvalue weighted by molar-refractivity contribution is -0.119. The minimum Gasteiger partial charge on any atom is -0.352 e. The zero-order chi connectivity index (χ0) is 13.6. The molecular weight excluding hydrogens is 252 g/mol. The van der Waals surface area contributed by atoms with Crippen molar-refractivity contribution in [3.63, 3.8) is 0 Å². The minimum absolute atomic E-state index is 0.0112. The van der Waals surface area contributed by atoms with E-state index in [1.807, 2.05) is 0 Å². The molecule has 0 aliphatic heterocycles. The van der Waals surface area contributed by atoms with Crippen LogP contribution in [0, 0.1) is 0 Å². The molecule has 0 aromatic carbocycles. The number of sulfone groups is 1. The van der Waals surface area contributed by atoms with Gasteiger partial charge in [-0.15, -0.1) is 0 Å². The van der Waals surface area contributed by atoms with Crippen molar-refractivity contribution >= 4 is 15.7 Å². The standard InChI is InChI=1S/C12H24N2O3S/c1-10(13)7-8-18(16,17)9-12(15)14-11-5-3-2-4-6-11/h10-11H,2-9,13H2,1H3,(H,14,15).